The van der Waals surface area contributed by atoms with Crippen LogP contribution in [0, 0.1) is 23.3 Å². The smallest absolute Gasteiger partial charge is 0.205 e. The maximum absolute atomic E-state index is 14.4. The van der Waals surface area contributed by atoms with Crippen molar-refractivity contribution in [3.05, 3.63) is 59.2 Å². The Morgan fingerprint density at radius 3 is 2.18 bits per heavy atom. The summed E-state index contributed by atoms with van der Waals surface area (Å²) in [5.41, 5.74) is -0.782. The first kappa shape index (κ1) is 20.2. The lowest BCUT2D eigenvalue weighted by Gasteiger charge is -2.22. The Morgan fingerprint density at radius 1 is 0.964 bits per heavy atom. The fourth-order valence-electron chi connectivity index (χ4n) is 2.89. The van der Waals surface area contributed by atoms with E-state index < -0.39 is 34.6 Å². The van der Waals surface area contributed by atoms with Crippen molar-refractivity contribution in [3.63, 3.8) is 0 Å². The van der Waals surface area contributed by atoms with Gasteiger partial charge in [-0.25, -0.2) is 8.78 Å². The highest BCUT2D eigenvalue weighted by atomic mass is 19.2. The summed E-state index contributed by atoms with van der Waals surface area (Å²) in [6.07, 6.45) is 2.54. The highest BCUT2D eigenvalue weighted by Gasteiger charge is 2.26. The Kier molecular flexibility index (Phi) is 6.53. The number of morpholine rings is 1. The van der Waals surface area contributed by atoms with E-state index in [1.54, 1.807) is 6.07 Å². The zero-order valence-electron chi connectivity index (χ0n) is 15.2. The second-order valence-corrected chi connectivity index (χ2v) is 6.22. The first-order valence-electron chi connectivity index (χ1n) is 8.77. The van der Waals surface area contributed by atoms with Crippen LogP contribution in [0.5, 0.6) is 17.2 Å². The molecule has 2 aromatic carbocycles. The van der Waals surface area contributed by atoms with Gasteiger partial charge in [-0.1, -0.05) is 12.1 Å². The highest BCUT2D eigenvalue weighted by Crippen LogP contribution is 2.37. The van der Waals surface area contributed by atoms with Gasteiger partial charge in [0.1, 0.15) is 13.1 Å². The van der Waals surface area contributed by atoms with Gasteiger partial charge in [-0.2, -0.15) is 8.78 Å². The van der Waals surface area contributed by atoms with Crippen LogP contribution in [0.25, 0.3) is 6.08 Å². The molecule has 1 saturated heterocycles. The molecule has 0 atom stereocenters. The van der Waals surface area contributed by atoms with E-state index in [0.29, 0.717) is 19.8 Å². The van der Waals surface area contributed by atoms with Gasteiger partial charge in [0.05, 0.1) is 32.4 Å². The first-order chi connectivity index (χ1) is 13.5. The van der Waals surface area contributed by atoms with E-state index in [4.69, 9.17) is 14.2 Å². The number of ether oxygens (including phenoxy) is 3. The molecule has 0 bridgehead atoms. The van der Waals surface area contributed by atoms with Crippen molar-refractivity contribution in [2.24, 2.45) is 0 Å². The molecule has 1 heterocycles. The predicted molar refractivity (Wildman–Crippen MR) is 94.8 cm³/mol. The Labute approximate surface area is 159 Å². The van der Waals surface area contributed by atoms with E-state index in [-0.39, 0.29) is 11.5 Å². The van der Waals surface area contributed by atoms with Crippen LogP contribution in [0.2, 0.25) is 0 Å². The summed E-state index contributed by atoms with van der Waals surface area (Å²) < 4.78 is 72.9. The summed E-state index contributed by atoms with van der Waals surface area (Å²) in [6.45, 7) is 3.17. The van der Waals surface area contributed by atoms with Gasteiger partial charge in [0.25, 0.3) is 0 Å². The number of hydrogen-bond donors (Lipinski definition) is 1. The molecule has 0 unspecified atom stereocenters. The number of rotatable bonds is 6. The number of methoxy groups -OCH3 is 1. The Bertz CT molecular complexity index is 838. The molecule has 0 saturated carbocycles. The van der Waals surface area contributed by atoms with Crippen molar-refractivity contribution in [2.45, 2.75) is 0 Å². The lowest BCUT2D eigenvalue weighted by Crippen LogP contribution is -3.13. The van der Waals surface area contributed by atoms with Crippen LogP contribution in [-0.2, 0) is 4.74 Å². The van der Waals surface area contributed by atoms with Crippen LogP contribution in [-0.4, -0.2) is 40.0 Å². The molecule has 0 aliphatic carbocycles. The maximum Gasteiger partial charge on any atom is 0.205 e. The number of nitrogens with one attached hydrogen (secondary N) is 1. The lowest BCUT2D eigenvalue weighted by atomic mass is 10.1. The van der Waals surface area contributed by atoms with Crippen molar-refractivity contribution in [2.75, 3.05) is 40.0 Å². The SMILES string of the molecule is COc1ccccc1Oc1c(F)c(F)c(/C=C/C[NH+]2CCOCC2)c(F)c1F. The Morgan fingerprint density at radius 2 is 1.57 bits per heavy atom. The van der Waals surface area contributed by atoms with E-state index in [1.165, 1.54) is 31.4 Å². The standard InChI is InChI=1S/C20H19F4NO3/c1-26-14-6-2-3-7-15(14)28-20-18(23)16(21)13(17(22)19(20)24)5-4-8-25-9-11-27-12-10-25/h2-7H,8-12H2,1H3/p+1/b5-4+. The minimum atomic E-state index is -1.61. The molecule has 0 spiro atoms. The van der Waals surface area contributed by atoms with Gasteiger partial charge in [-0.3, -0.25) is 0 Å². The molecule has 150 valence electrons. The van der Waals surface area contributed by atoms with Gasteiger partial charge >= 0.3 is 0 Å². The van der Waals surface area contributed by atoms with E-state index >= 15 is 0 Å². The van der Waals surface area contributed by atoms with Crippen LogP contribution in [0.15, 0.2) is 30.3 Å². The van der Waals surface area contributed by atoms with Crippen LogP contribution < -0.4 is 14.4 Å². The van der Waals surface area contributed by atoms with Gasteiger partial charge < -0.3 is 19.1 Å². The van der Waals surface area contributed by atoms with Crippen LogP contribution >= 0.6 is 0 Å². The highest BCUT2D eigenvalue weighted by molar-refractivity contribution is 5.54. The number of quaternary nitrogens is 1. The lowest BCUT2D eigenvalue weighted by molar-refractivity contribution is -0.902. The van der Waals surface area contributed by atoms with E-state index in [1.807, 2.05) is 0 Å². The predicted octanol–water partition coefficient (Wildman–Crippen LogP) is 2.97. The molecular weight excluding hydrogens is 378 g/mol. The molecule has 8 heteroatoms. The molecule has 1 fully saturated rings. The quantitative estimate of drug-likeness (QED) is 0.600. The molecule has 1 aliphatic rings. The van der Waals surface area contributed by atoms with E-state index in [2.05, 4.69) is 0 Å². The molecular formula is C20H20F4NO3+. The summed E-state index contributed by atoms with van der Waals surface area (Å²) in [6, 6.07) is 6.00. The summed E-state index contributed by atoms with van der Waals surface area (Å²) in [4.78, 5) is 1.15. The largest absolute Gasteiger partial charge is 0.493 e. The molecule has 1 aliphatic heterocycles. The van der Waals surface area contributed by atoms with Gasteiger partial charge in [-0.15, -0.1) is 0 Å². The molecule has 28 heavy (non-hydrogen) atoms. The third kappa shape index (κ3) is 4.28. The molecule has 3 rings (SSSR count). The summed E-state index contributed by atoms with van der Waals surface area (Å²) in [5, 5.41) is 0. The van der Waals surface area contributed by atoms with E-state index in [0.717, 1.165) is 24.1 Å². The second kappa shape index (κ2) is 9.07. The second-order valence-electron chi connectivity index (χ2n) is 6.22. The monoisotopic (exact) mass is 398 g/mol. The number of halogens is 4. The molecule has 2 aromatic rings. The average molecular weight is 398 g/mol. The minimum absolute atomic E-state index is 0.0687. The summed E-state index contributed by atoms with van der Waals surface area (Å²) in [5.74, 6) is -7.31. The third-order valence-electron chi connectivity index (χ3n) is 4.43. The topological polar surface area (TPSA) is 32.1 Å². The van der Waals surface area contributed by atoms with Gasteiger partial charge in [0.2, 0.25) is 17.4 Å². The van der Waals surface area contributed by atoms with Crippen molar-refractivity contribution in [1.82, 2.24) is 0 Å². The fourth-order valence-corrected chi connectivity index (χ4v) is 2.89. The van der Waals surface area contributed by atoms with Crippen LogP contribution in [0.1, 0.15) is 5.56 Å². The van der Waals surface area contributed by atoms with Gasteiger partial charge in [-0.05, 0) is 24.3 Å². The number of benzene rings is 2. The molecule has 0 amide bonds. The normalized spacial score (nSPS) is 15.2. The summed E-state index contributed by atoms with van der Waals surface area (Å²) >= 11 is 0. The third-order valence-corrected chi connectivity index (χ3v) is 4.43. The van der Waals surface area contributed by atoms with E-state index in [9.17, 15) is 17.6 Å². The molecule has 0 aromatic heterocycles. The van der Waals surface area contributed by atoms with Crippen molar-refractivity contribution < 1.29 is 36.7 Å². The maximum atomic E-state index is 14.4. The zero-order valence-corrected chi connectivity index (χ0v) is 15.2. The van der Waals surface area contributed by atoms with Crippen LogP contribution in [0.3, 0.4) is 0 Å². The van der Waals surface area contributed by atoms with Crippen LogP contribution in [0.4, 0.5) is 17.6 Å². The van der Waals surface area contributed by atoms with Gasteiger partial charge in [0.15, 0.2) is 23.1 Å². The van der Waals surface area contributed by atoms with Crippen molar-refractivity contribution in [1.29, 1.82) is 0 Å². The summed E-state index contributed by atoms with van der Waals surface area (Å²) in [7, 11) is 1.33. The van der Waals surface area contributed by atoms with Crippen molar-refractivity contribution >= 4 is 6.08 Å². The van der Waals surface area contributed by atoms with Crippen molar-refractivity contribution in [3.8, 4) is 17.2 Å². The number of hydrogen-bond acceptors (Lipinski definition) is 3. The molecule has 4 nitrogen and oxygen atoms in total. The average Bonchev–Trinajstić information content (AvgIpc) is 2.73. The minimum Gasteiger partial charge on any atom is -0.493 e. The molecule has 1 N–H and O–H groups in total. The first-order valence-corrected chi connectivity index (χ1v) is 8.77. The zero-order chi connectivity index (χ0) is 20.1. The number of para-hydroxylation sites is 2. The Hall–Kier alpha value is -2.58. The molecule has 0 radical (unpaired) electrons. The Balaban J connectivity index is 1.86. The van der Waals surface area contributed by atoms with Gasteiger partial charge in [0, 0.05) is 0 Å². The fraction of sp³-hybridized carbons (Fsp3) is 0.300.